The summed E-state index contributed by atoms with van der Waals surface area (Å²) in [7, 11) is 0. The molecule has 14 heavy (non-hydrogen) atoms. The largest absolute Gasteiger partial charge is 0.491 e. The standard InChI is InChI=1S/C12H16O2/c1-3-5-11-6-4-7-12(8-11)14-9-10(2)13/h3-4,6-8,10,13H,1,5,9H2,2H3. The molecule has 76 valence electrons. The molecule has 0 spiro atoms. The van der Waals surface area contributed by atoms with Crippen LogP contribution in [0, 0.1) is 0 Å². The molecule has 0 bridgehead atoms. The number of hydrogen-bond donors (Lipinski definition) is 1. The van der Waals surface area contributed by atoms with Gasteiger partial charge in [-0.2, -0.15) is 0 Å². The SMILES string of the molecule is C=CCc1cccc(OCC(C)O)c1. The Morgan fingerprint density at radius 3 is 3.00 bits per heavy atom. The van der Waals surface area contributed by atoms with Crippen LogP contribution >= 0.6 is 0 Å². The number of allylic oxidation sites excluding steroid dienone is 1. The zero-order valence-corrected chi connectivity index (χ0v) is 8.44. The van der Waals surface area contributed by atoms with Crippen molar-refractivity contribution in [3.05, 3.63) is 42.5 Å². The normalized spacial score (nSPS) is 12.1. The van der Waals surface area contributed by atoms with Gasteiger partial charge in [0.2, 0.25) is 0 Å². The van der Waals surface area contributed by atoms with Gasteiger partial charge in [0.05, 0.1) is 6.10 Å². The van der Waals surface area contributed by atoms with Gasteiger partial charge in [-0.15, -0.1) is 6.58 Å². The summed E-state index contributed by atoms with van der Waals surface area (Å²) in [5.74, 6) is 0.797. The van der Waals surface area contributed by atoms with Gasteiger partial charge >= 0.3 is 0 Å². The summed E-state index contributed by atoms with van der Waals surface area (Å²) in [5, 5.41) is 9.05. The quantitative estimate of drug-likeness (QED) is 0.724. The van der Waals surface area contributed by atoms with E-state index >= 15 is 0 Å². The monoisotopic (exact) mass is 192 g/mol. The van der Waals surface area contributed by atoms with Crippen molar-refractivity contribution in [1.82, 2.24) is 0 Å². The summed E-state index contributed by atoms with van der Waals surface area (Å²) >= 11 is 0. The lowest BCUT2D eigenvalue weighted by molar-refractivity contribution is 0.122. The smallest absolute Gasteiger partial charge is 0.119 e. The van der Waals surface area contributed by atoms with Crippen LogP contribution in [-0.2, 0) is 6.42 Å². The minimum absolute atomic E-state index is 0.331. The van der Waals surface area contributed by atoms with Crippen LogP contribution < -0.4 is 4.74 Å². The predicted octanol–water partition coefficient (Wildman–Crippen LogP) is 2.17. The van der Waals surface area contributed by atoms with Crippen LogP contribution in [0.3, 0.4) is 0 Å². The summed E-state index contributed by atoms with van der Waals surface area (Å²) < 4.78 is 5.37. The summed E-state index contributed by atoms with van der Waals surface area (Å²) in [4.78, 5) is 0. The Morgan fingerprint density at radius 2 is 2.36 bits per heavy atom. The van der Waals surface area contributed by atoms with Crippen molar-refractivity contribution in [2.45, 2.75) is 19.4 Å². The maximum Gasteiger partial charge on any atom is 0.119 e. The first-order valence-electron chi connectivity index (χ1n) is 4.73. The molecule has 0 aliphatic heterocycles. The number of aliphatic hydroxyl groups is 1. The van der Waals surface area contributed by atoms with Gasteiger partial charge in [-0.3, -0.25) is 0 Å². The van der Waals surface area contributed by atoms with Gasteiger partial charge in [-0.25, -0.2) is 0 Å². The first-order chi connectivity index (χ1) is 6.72. The summed E-state index contributed by atoms with van der Waals surface area (Å²) in [5.41, 5.74) is 1.17. The molecule has 0 saturated carbocycles. The van der Waals surface area contributed by atoms with Gasteiger partial charge < -0.3 is 9.84 Å². The summed E-state index contributed by atoms with van der Waals surface area (Å²) in [6.45, 7) is 5.71. The lowest BCUT2D eigenvalue weighted by Crippen LogP contribution is -2.12. The lowest BCUT2D eigenvalue weighted by atomic mass is 10.1. The molecule has 2 heteroatoms. The summed E-state index contributed by atoms with van der Waals surface area (Å²) in [6, 6.07) is 7.81. The molecular formula is C12H16O2. The van der Waals surface area contributed by atoms with Crippen LogP contribution in [0.1, 0.15) is 12.5 Å². The second-order valence-corrected chi connectivity index (χ2v) is 3.30. The van der Waals surface area contributed by atoms with Crippen LogP contribution in [0.5, 0.6) is 5.75 Å². The molecular weight excluding hydrogens is 176 g/mol. The van der Waals surface area contributed by atoms with Crippen molar-refractivity contribution >= 4 is 0 Å². The van der Waals surface area contributed by atoms with E-state index in [1.165, 1.54) is 5.56 Å². The van der Waals surface area contributed by atoms with E-state index in [9.17, 15) is 0 Å². The predicted molar refractivity (Wildman–Crippen MR) is 57.5 cm³/mol. The average Bonchev–Trinajstić information content (AvgIpc) is 2.16. The molecule has 0 aromatic heterocycles. The highest BCUT2D eigenvalue weighted by molar-refractivity contribution is 5.29. The van der Waals surface area contributed by atoms with E-state index in [2.05, 4.69) is 6.58 Å². The minimum atomic E-state index is -0.432. The number of aliphatic hydroxyl groups excluding tert-OH is 1. The molecule has 0 aliphatic carbocycles. The van der Waals surface area contributed by atoms with Gasteiger partial charge in [0, 0.05) is 0 Å². The molecule has 2 nitrogen and oxygen atoms in total. The van der Waals surface area contributed by atoms with Gasteiger partial charge in [-0.05, 0) is 31.0 Å². The zero-order valence-electron chi connectivity index (χ0n) is 8.44. The number of rotatable bonds is 5. The van der Waals surface area contributed by atoms with E-state index in [4.69, 9.17) is 9.84 Å². The third-order valence-electron chi connectivity index (χ3n) is 1.77. The van der Waals surface area contributed by atoms with Gasteiger partial charge in [0.25, 0.3) is 0 Å². The molecule has 1 unspecified atom stereocenters. The van der Waals surface area contributed by atoms with Crippen molar-refractivity contribution in [2.24, 2.45) is 0 Å². The van der Waals surface area contributed by atoms with Crippen molar-refractivity contribution < 1.29 is 9.84 Å². The van der Waals surface area contributed by atoms with E-state index in [-0.39, 0.29) is 0 Å². The minimum Gasteiger partial charge on any atom is -0.491 e. The first-order valence-corrected chi connectivity index (χ1v) is 4.73. The van der Waals surface area contributed by atoms with Crippen molar-refractivity contribution in [1.29, 1.82) is 0 Å². The Kier molecular flexibility index (Phi) is 4.20. The van der Waals surface area contributed by atoms with Crippen molar-refractivity contribution in [2.75, 3.05) is 6.61 Å². The molecule has 0 radical (unpaired) electrons. The number of benzene rings is 1. The van der Waals surface area contributed by atoms with Crippen LogP contribution in [0.2, 0.25) is 0 Å². The van der Waals surface area contributed by atoms with E-state index in [0.29, 0.717) is 6.61 Å². The third kappa shape index (κ3) is 3.62. The van der Waals surface area contributed by atoms with E-state index in [1.807, 2.05) is 30.3 Å². The fourth-order valence-corrected chi connectivity index (χ4v) is 1.15. The fourth-order valence-electron chi connectivity index (χ4n) is 1.15. The van der Waals surface area contributed by atoms with Gasteiger partial charge in [0.1, 0.15) is 12.4 Å². The second-order valence-electron chi connectivity index (χ2n) is 3.30. The van der Waals surface area contributed by atoms with E-state index in [0.717, 1.165) is 12.2 Å². The third-order valence-corrected chi connectivity index (χ3v) is 1.77. The maximum absolute atomic E-state index is 9.05. The van der Waals surface area contributed by atoms with Crippen molar-refractivity contribution in [3.63, 3.8) is 0 Å². The zero-order chi connectivity index (χ0) is 10.4. The van der Waals surface area contributed by atoms with Crippen LogP contribution in [0.25, 0.3) is 0 Å². The fraction of sp³-hybridized carbons (Fsp3) is 0.333. The average molecular weight is 192 g/mol. The highest BCUT2D eigenvalue weighted by Crippen LogP contribution is 2.14. The Morgan fingerprint density at radius 1 is 1.57 bits per heavy atom. The first kappa shape index (κ1) is 10.8. The van der Waals surface area contributed by atoms with Crippen molar-refractivity contribution in [3.8, 4) is 5.75 Å². The van der Waals surface area contributed by atoms with Crippen LogP contribution in [-0.4, -0.2) is 17.8 Å². The molecule has 0 heterocycles. The Balaban J connectivity index is 2.58. The Labute approximate surface area is 84.8 Å². The molecule has 1 aromatic carbocycles. The van der Waals surface area contributed by atoms with Gasteiger partial charge in [-0.1, -0.05) is 18.2 Å². The molecule has 1 aromatic rings. The van der Waals surface area contributed by atoms with Gasteiger partial charge in [0.15, 0.2) is 0 Å². The molecule has 1 atom stereocenters. The maximum atomic E-state index is 9.05. The molecule has 0 aliphatic rings. The lowest BCUT2D eigenvalue weighted by Gasteiger charge is -2.08. The highest BCUT2D eigenvalue weighted by atomic mass is 16.5. The topological polar surface area (TPSA) is 29.5 Å². The Hall–Kier alpha value is -1.28. The second kappa shape index (κ2) is 5.45. The van der Waals surface area contributed by atoms with Crippen LogP contribution in [0.15, 0.2) is 36.9 Å². The number of hydrogen-bond acceptors (Lipinski definition) is 2. The molecule has 1 N–H and O–H groups in total. The highest BCUT2D eigenvalue weighted by Gasteiger charge is 1.98. The van der Waals surface area contributed by atoms with Crippen LogP contribution in [0.4, 0.5) is 0 Å². The molecule has 1 rings (SSSR count). The molecule has 0 amide bonds. The number of ether oxygens (including phenoxy) is 1. The van der Waals surface area contributed by atoms with E-state index < -0.39 is 6.10 Å². The Bertz CT molecular complexity index is 292. The summed E-state index contributed by atoms with van der Waals surface area (Å²) in [6.07, 6.45) is 2.26. The molecule has 0 saturated heterocycles. The molecule has 0 fully saturated rings. The van der Waals surface area contributed by atoms with E-state index in [1.54, 1.807) is 6.92 Å².